The van der Waals surface area contributed by atoms with Gasteiger partial charge in [-0.05, 0) is 38.0 Å². The van der Waals surface area contributed by atoms with Crippen molar-refractivity contribution in [3.63, 3.8) is 0 Å². The first-order valence-corrected chi connectivity index (χ1v) is 6.36. The minimum atomic E-state index is -0.945. The number of carboxylic acids is 1. The van der Waals surface area contributed by atoms with Crippen LogP contribution in [0, 0.1) is 0 Å². The van der Waals surface area contributed by atoms with Crippen molar-refractivity contribution in [1.82, 2.24) is 15.0 Å². The molecule has 19 heavy (non-hydrogen) atoms. The summed E-state index contributed by atoms with van der Waals surface area (Å²) in [6.07, 6.45) is 2.18. The van der Waals surface area contributed by atoms with E-state index in [0.717, 1.165) is 25.0 Å². The lowest BCUT2D eigenvalue weighted by Crippen LogP contribution is -2.21. The Bertz CT molecular complexity index is 617. The molecule has 1 saturated heterocycles. The van der Waals surface area contributed by atoms with Gasteiger partial charge in [-0.3, -0.25) is 0 Å². The first-order valence-electron chi connectivity index (χ1n) is 6.36. The van der Waals surface area contributed by atoms with Crippen LogP contribution in [0.4, 0.5) is 0 Å². The summed E-state index contributed by atoms with van der Waals surface area (Å²) in [6.45, 7) is 2.81. The zero-order valence-corrected chi connectivity index (χ0v) is 10.6. The van der Waals surface area contributed by atoms with E-state index in [2.05, 4.69) is 10.3 Å². The number of carboxylic acid groups (broad SMARTS) is 1. The lowest BCUT2D eigenvalue weighted by molar-refractivity contribution is 0.0695. The van der Waals surface area contributed by atoms with Crippen LogP contribution in [0.1, 0.15) is 36.2 Å². The molecule has 3 rings (SSSR count). The number of aromatic nitrogens is 3. The Morgan fingerprint density at radius 1 is 1.58 bits per heavy atom. The average Bonchev–Trinajstić information content (AvgIpc) is 3.06. The summed E-state index contributed by atoms with van der Waals surface area (Å²) in [5.74, 6) is -0.945. The van der Waals surface area contributed by atoms with Crippen molar-refractivity contribution in [3.05, 3.63) is 23.8 Å². The molecule has 0 amide bonds. The zero-order valence-electron chi connectivity index (χ0n) is 10.6. The van der Waals surface area contributed by atoms with Gasteiger partial charge in [0.1, 0.15) is 5.52 Å². The first-order chi connectivity index (χ1) is 9.16. The van der Waals surface area contributed by atoms with E-state index in [4.69, 9.17) is 9.84 Å². The summed E-state index contributed by atoms with van der Waals surface area (Å²) in [5.41, 5.74) is 1.69. The van der Waals surface area contributed by atoms with E-state index in [-0.39, 0.29) is 17.7 Å². The van der Waals surface area contributed by atoms with Crippen LogP contribution in [0.25, 0.3) is 11.0 Å². The smallest absolute Gasteiger partial charge is 0.335 e. The quantitative estimate of drug-likeness (QED) is 0.912. The molecule has 1 aliphatic heterocycles. The number of fused-ring (bicyclic) bond motifs is 1. The van der Waals surface area contributed by atoms with Crippen LogP contribution in [0.3, 0.4) is 0 Å². The van der Waals surface area contributed by atoms with Crippen LogP contribution in [0.2, 0.25) is 0 Å². The van der Waals surface area contributed by atoms with Crippen molar-refractivity contribution >= 4 is 17.0 Å². The maximum absolute atomic E-state index is 11.0. The molecule has 2 atom stereocenters. The normalized spacial score (nSPS) is 20.8. The predicted octanol–water partition coefficient (Wildman–Crippen LogP) is 1.87. The van der Waals surface area contributed by atoms with Gasteiger partial charge in [-0.1, -0.05) is 5.21 Å². The summed E-state index contributed by atoms with van der Waals surface area (Å²) in [4.78, 5) is 11.0. The standard InChI is InChI=1S/C13H15N3O3/c1-8(12-3-2-6-19-12)16-11-7-9(13(17)18)4-5-10(11)14-15-16/h4-5,7-8,12H,2-3,6H2,1H3,(H,17,18). The second kappa shape index (κ2) is 4.62. The van der Waals surface area contributed by atoms with E-state index >= 15 is 0 Å². The Balaban J connectivity index is 2.02. The van der Waals surface area contributed by atoms with Gasteiger partial charge in [0.15, 0.2) is 0 Å². The largest absolute Gasteiger partial charge is 0.478 e. The van der Waals surface area contributed by atoms with E-state index in [1.807, 2.05) is 6.92 Å². The van der Waals surface area contributed by atoms with Crippen molar-refractivity contribution in [2.45, 2.75) is 31.9 Å². The fourth-order valence-corrected chi connectivity index (χ4v) is 2.51. The van der Waals surface area contributed by atoms with Crippen molar-refractivity contribution in [2.24, 2.45) is 0 Å². The van der Waals surface area contributed by atoms with E-state index in [9.17, 15) is 4.79 Å². The molecule has 0 saturated carbocycles. The van der Waals surface area contributed by atoms with E-state index in [0.29, 0.717) is 5.52 Å². The fourth-order valence-electron chi connectivity index (χ4n) is 2.51. The Kier molecular flexibility index (Phi) is 2.94. The number of ether oxygens (including phenoxy) is 1. The Labute approximate surface area is 110 Å². The molecular weight excluding hydrogens is 246 g/mol. The predicted molar refractivity (Wildman–Crippen MR) is 68.2 cm³/mol. The minimum absolute atomic E-state index is 0.0524. The molecule has 2 heterocycles. The van der Waals surface area contributed by atoms with Gasteiger partial charge in [-0.25, -0.2) is 9.48 Å². The van der Waals surface area contributed by atoms with Gasteiger partial charge in [0.2, 0.25) is 0 Å². The molecule has 2 aromatic rings. The number of carbonyl (C=O) groups is 1. The molecule has 2 unspecified atom stereocenters. The Morgan fingerprint density at radius 2 is 2.42 bits per heavy atom. The second-order valence-electron chi connectivity index (χ2n) is 4.83. The molecule has 1 N–H and O–H groups in total. The topological polar surface area (TPSA) is 77.2 Å². The molecule has 6 heteroatoms. The molecule has 1 fully saturated rings. The molecular formula is C13H15N3O3. The number of hydrogen-bond donors (Lipinski definition) is 1. The average molecular weight is 261 g/mol. The van der Waals surface area contributed by atoms with Crippen LogP contribution in [-0.4, -0.2) is 38.8 Å². The third-order valence-electron chi connectivity index (χ3n) is 3.61. The monoisotopic (exact) mass is 261 g/mol. The third-order valence-corrected chi connectivity index (χ3v) is 3.61. The first kappa shape index (κ1) is 12.1. The molecule has 6 nitrogen and oxygen atoms in total. The molecule has 1 aliphatic rings. The minimum Gasteiger partial charge on any atom is -0.478 e. The number of nitrogens with zero attached hydrogens (tertiary/aromatic N) is 3. The van der Waals surface area contributed by atoms with Crippen LogP contribution in [0.15, 0.2) is 18.2 Å². The lowest BCUT2D eigenvalue weighted by atomic mass is 10.1. The summed E-state index contributed by atoms with van der Waals surface area (Å²) in [6, 6.07) is 4.89. The SMILES string of the molecule is CC(C1CCCO1)n1nnc2ccc(C(=O)O)cc21. The molecule has 0 spiro atoms. The van der Waals surface area contributed by atoms with Crippen molar-refractivity contribution in [1.29, 1.82) is 0 Å². The summed E-state index contributed by atoms with van der Waals surface area (Å²) in [7, 11) is 0. The van der Waals surface area contributed by atoms with Crippen molar-refractivity contribution < 1.29 is 14.6 Å². The molecule has 1 aromatic carbocycles. The molecule has 0 aliphatic carbocycles. The fraction of sp³-hybridized carbons (Fsp3) is 0.462. The van der Waals surface area contributed by atoms with Crippen LogP contribution in [0.5, 0.6) is 0 Å². The summed E-state index contributed by atoms with van der Waals surface area (Å²) < 4.78 is 7.42. The van der Waals surface area contributed by atoms with Crippen molar-refractivity contribution in [3.8, 4) is 0 Å². The van der Waals surface area contributed by atoms with Gasteiger partial charge < -0.3 is 9.84 Å². The highest BCUT2D eigenvalue weighted by atomic mass is 16.5. The molecule has 1 aromatic heterocycles. The molecule has 0 bridgehead atoms. The van der Waals surface area contributed by atoms with Gasteiger partial charge >= 0.3 is 5.97 Å². The van der Waals surface area contributed by atoms with E-state index < -0.39 is 5.97 Å². The second-order valence-corrected chi connectivity index (χ2v) is 4.83. The number of benzene rings is 1. The van der Waals surface area contributed by atoms with Gasteiger partial charge in [-0.2, -0.15) is 0 Å². The molecule has 0 radical (unpaired) electrons. The molecule has 100 valence electrons. The van der Waals surface area contributed by atoms with E-state index in [1.54, 1.807) is 22.9 Å². The lowest BCUT2D eigenvalue weighted by Gasteiger charge is -2.19. The van der Waals surface area contributed by atoms with Crippen LogP contribution < -0.4 is 0 Å². The maximum Gasteiger partial charge on any atom is 0.335 e. The number of aromatic carboxylic acids is 1. The summed E-state index contributed by atoms with van der Waals surface area (Å²) >= 11 is 0. The van der Waals surface area contributed by atoms with Crippen LogP contribution >= 0.6 is 0 Å². The van der Waals surface area contributed by atoms with Crippen LogP contribution in [-0.2, 0) is 4.74 Å². The zero-order chi connectivity index (χ0) is 13.4. The highest BCUT2D eigenvalue weighted by Gasteiger charge is 2.25. The Morgan fingerprint density at radius 3 is 3.11 bits per heavy atom. The number of rotatable bonds is 3. The maximum atomic E-state index is 11.0. The van der Waals surface area contributed by atoms with E-state index in [1.165, 1.54) is 0 Å². The van der Waals surface area contributed by atoms with Crippen molar-refractivity contribution in [2.75, 3.05) is 6.61 Å². The van der Waals surface area contributed by atoms with Gasteiger partial charge in [-0.15, -0.1) is 5.10 Å². The third kappa shape index (κ3) is 2.08. The number of hydrogen-bond acceptors (Lipinski definition) is 4. The Hall–Kier alpha value is -1.95. The van der Waals surface area contributed by atoms with Gasteiger partial charge in [0.05, 0.1) is 23.2 Å². The summed E-state index contributed by atoms with van der Waals surface area (Å²) in [5, 5.41) is 17.3. The van der Waals surface area contributed by atoms with Gasteiger partial charge in [0.25, 0.3) is 0 Å². The highest BCUT2D eigenvalue weighted by Crippen LogP contribution is 2.26. The van der Waals surface area contributed by atoms with Gasteiger partial charge in [0, 0.05) is 6.61 Å². The highest BCUT2D eigenvalue weighted by molar-refractivity contribution is 5.92.